The van der Waals surface area contributed by atoms with Crippen LogP contribution in [0.3, 0.4) is 0 Å². The molecule has 0 aliphatic heterocycles. The first-order valence-electron chi connectivity index (χ1n) is 6.50. The summed E-state index contributed by atoms with van der Waals surface area (Å²) in [6, 6.07) is 17.4. The molecule has 0 aliphatic rings. The van der Waals surface area contributed by atoms with Crippen molar-refractivity contribution >= 4 is 6.29 Å². The lowest BCUT2D eigenvalue weighted by molar-refractivity contribution is -0.108. The number of carbonyl (C=O) groups excluding carboxylic acids is 1. The minimum atomic E-state index is 0.531. The summed E-state index contributed by atoms with van der Waals surface area (Å²) in [5.41, 5.74) is 2.80. The Balaban J connectivity index is 2.00. The van der Waals surface area contributed by atoms with E-state index in [1.807, 2.05) is 36.4 Å². The highest BCUT2D eigenvalue weighted by Crippen LogP contribution is 2.22. The molecule has 0 radical (unpaired) electrons. The number of unbranched alkanes of at least 4 members (excludes halogenated alkanes) is 1. The number of ether oxygens (including phenoxy) is 1. The third-order valence-corrected chi connectivity index (χ3v) is 2.94. The number of rotatable bonds is 6. The average Bonchev–Trinajstić information content (AvgIpc) is 2.52. The fourth-order valence-electron chi connectivity index (χ4n) is 1.84. The third-order valence-electron chi connectivity index (χ3n) is 2.94. The van der Waals surface area contributed by atoms with Crippen LogP contribution in [0.2, 0.25) is 0 Å². The number of benzene rings is 2. The fraction of sp³-hybridized carbons (Fsp3) is 0.176. The van der Waals surface area contributed by atoms with Gasteiger partial charge in [-0.15, -0.1) is 0 Å². The van der Waals surface area contributed by atoms with Crippen LogP contribution in [0.4, 0.5) is 0 Å². The Labute approximate surface area is 118 Å². The van der Waals surface area contributed by atoms with Crippen LogP contribution in [0, 0.1) is 11.3 Å². The van der Waals surface area contributed by atoms with E-state index in [1.165, 1.54) is 0 Å². The molecule has 0 amide bonds. The van der Waals surface area contributed by atoms with Crippen molar-refractivity contribution in [2.24, 2.45) is 0 Å². The van der Waals surface area contributed by atoms with Crippen LogP contribution >= 0.6 is 0 Å². The lowest BCUT2D eigenvalue weighted by Crippen LogP contribution is -1.97. The molecule has 0 saturated heterocycles. The Bertz CT molecular complexity index is 594. The monoisotopic (exact) mass is 265 g/mol. The second-order valence-corrected chi connectivity index (χ2v) is 4.37. The average molecular weight is 265 g/mol. The minimum absolute atomic E-state index is 0.531. The highest BCUT2D eigenvalue weighted by atomic mass is 16.5. The molecule has 0 heterocycles. The summed E-state index contributed by atoms with van der Waals surface area (Å²) in [6.45, 7) is 0.551. The van der Waals surface area contributed by atoms with Gasteiger partial charge in [-0.3, -0.25) is 0 Å². The Hall–Kier alpha value is -2.60. The van der Waals surface area contributed by atoms with Crippen LogP contribution in [0.25, 0.3) is 11.1 Å². The van der Waals surface area contributed by atoms with Crippen molar-refractivity contribution < 1.29 is 9.53 Å². The van der Waals surface area contributed by atoms with Crippen LogP contribution < -0.4 is 4.74 Å². The van der Waals surface area contributed by atoms with Gasteiger partial charge >= 0.3 is 0 Å². The number of hydrogen-bond acceptors (Lipinski definition) is 3. The maximum absolute atomic E-state index is 10.2. The van der Waals surface area contributed by atoms with Crippen LogP contribution in [0.1, 0.15) is 18.4 Å². The zero-order chi connectivity index (χ0) is 14.2. The van der Waals surface area contributed by atoms with Gasteiger partial charge in [0.15, 0.2) is 0 Å². The molecule has 20 heavy (non-hydrogen) atoms. The highest BCUT2D eigenvalue weighted by molar-refractivity contribution is 5.64. The molecule has 0 atom stereocenters. The minimum Gasteiger partial charge on any atom is -0.494 e. The second kappa shape index (κ2) is 7.10. The van der Waals surface area contributed by atoms with Gasteiger partial charge in [-0.2, -0.15) is 5.26 Å². The fourth-order valence-corrected chi connectivity index (χ4v) is 1.84. The lowest BCUT2D eigenvalue weighted by atomic mass is 10.0. The van der Waals surface area contributed by atoms with E-state index in [-0.39, 0.29) is 0 Å². The van der Waals surface area contributed by atoms with E-state index in [4.69, 9.17) is 10.00 Å². The van der Waals surface area contributed by atoms with Gasteiger partial charge in [-0.25, -0.2) is 0 Å². The molecule has 2 rings (SSSR count). The van der Waals surface area contributed by atoms with Crippen molar-refractivity contribution in [3.05, 3.63) is 54.1 Å². The molecule has 0 saturated carbocycles. The van der Waals surface area contributed by atoms with Crippen molar-refractivity contribution in [1.29, 1.82) is 5.26 Å². The molecule has 0 aromatic heterocycles. The molecular formula is C17H15NO2. The Morgan fingerprint density at radius 3 is 2.15 bits per heavy atom. The number of nitriles is 1. The van der Waals surface area contributed by atoms with Gasteiger partial charge in [0.05, 0.1) is 18.2 Å². The summed E-state index contributed by atoms with van der Waals surface area (Å²) in [5, 5.41) is 8.77. The van der Waals surface area contributed by atoms with Gasteiger partial charge in [-0.05, 0) is 41.8 Å². The largest absolute Gasteiger partial charge is 0.494 e. The topological polar surface area (TPSA) is 50.1 Å². The summed E-state index contributed by atoms with van der Waals surface area (Å²) in [5.74, 6) is 0.799. The highest BCUT2D eigenvalue weighted by Gasteiger charge is 1.99. The van der Waals surface area contributed by atoms with Gasteiger partial charge in [-0.1, -0.05) is 24.3 Å². The van der Waals surface area contributed by atoms with Gasteiger partial charge in [0, 0.05) is 6.42 Å². The van der Waals surface area contributed by atoms with Crippen LogP contribution in [-0.4, -0.2) is 12.9 Å². The SMILES string of the molecule is N#Cc1ccc(-c2ccc(OCCCC=O)cc2)cc1. The molecule has 0 bridgehead atoms. The van der Waals surface area contributed by atoms with Gasteiger partial charge < -0.3 is 9.53 Å². The number of hydrogen-bond donors (Lipinski definition) is 0. The number of aldehydes is 1. The first kappa shape index (κ1) is 13.8. The molecule has 0 unspecified atom stereocenters. The van der Waals surface area contributed by atoms with Crippen molar-refractivity contribution in [3.8, 4) is 22.9 Å². The zero-order valence-corrected chi connectivity index (χ0v) is 11.1. The third kappa shape index (κ3) is 3.69. The molecule has 0 spiro atoms. The summed E-state index contributed by atoms with van der Waals surface area (Å²) in [7, 11) is 0. The molecule has 3 nitrogen and oxygen atoms in total. The maximum Gasteiger partial charge on any atom is 0.120 e. The van der Waals surface area contributed by atoms with Crippen molar-refractivity contribution in [2.75, 3.05) is 6.61 Å². The van der Waals surface area contributed by atoms with Crippen molar-refractivity contribution in [1.82, 2.24) is 0 Å². The molecule has 0 fully saturated rings. The van der Waals surface area contributed by atoms with Crippen molar-refractivity contribution in [3.63, 3.8) is 0 Å². The predicted octanol–water partition coefficient (Wildman–Crippen LogP) is 3.58. The lowest BCUT2D eigenvalue weighted by Gasteiger charge is -2.06. The summed E-state index contributed by atoms with van der Waals surface area (Å²) in [4.78, 5) is 10.2. The number of nitrogens with zero attached hydrogens (tertiary/aromatic N) is 1. The zero-order valence-electron chi connectivity index (χ0n) is 11.1. The van der Waals surface area contributed by atoms with Gasteiger partial charge in [0.25, 0.3) is 0 Å². The Kier molecular flexibility index (Phi) is 4.91. The van der Waals surface area contributed by atoms with Crippen LogP contribution in [0.15, 0.2) is 48.5 Å². The van der Waals surface area contributed by atoms with E-state index in [0.29, 0.717) is 18.6 Å². The van der Waals surface area contributed by atoms with E-state index in [1.54, 1.807) is 12.1 Å². The first-order valence-corrected chi connectivity index (χ1v) is 6.50. The van der Waals surface area contributed by atoms with Crippen LogP contribution in [-0.2, 0) is 4.79 Å². The Morgan fingerprint density at radius 2 is 1.60 bits per heavy atom. The summed E-state index contributed by atoms with van der Waals surface area (Å²) >= 11 is 0. The quantitative estimate of drug-likeness (QED) is 0.592. The number of carbonyl (C=O) groups is 1. The van der Waals surface area contributed by atoms with Gasteiger partial charge in [0.2, 0.25) is 0 Å². The molecule has 0 N–H and O–H groups in total. The van der Waals surface area contributed by atoms with E-state index in [9.17, 15) is 4.79 Å². The van der Waals surface area contributed by atoms with Gasteiger partial charge in [0.1, 0.15) is 12.0 Å². The normalized spacial score (nSPS) is 9.75. The standard InChI is InChI=1S/C17H15NO2/c18-13-14-3-5-15(6-4-14)16-7-9-17(10-8-16)20-12-2-1-11-19/h3-11H,1-2,12H2. The van der Waals surface area contributed by atoms with E-state index >= 15 is 0 Å². The van der Waals surface area contributed by atoms with Crippen LogP contribution in [0.5, 0.6) is 5.75 Å². The second-order valence-electron chi connectivity index (χ2n) is 4.37. The van der Waals surface area contributed by atoms with E-state index in [0.717, 1.165) is 29.6 Å². The summed E-state index contributed by atoms with van der Waals surface area (Å²) < 4.78 is 5.53. The Morgan fingerprint density at radius 1 is 1.00 bits per heavy atom. The molecule has 2 aromatic carbocycles. The molecule has 100 valence electrons. The van der Waals surface area contributed by atoms with E-state index < -0.39 is 0 Å². The molecular weight excluding hydrogens is 250 g/mol. The first-order chi connectivity index (χ1) is 9.83. The molecule has 0 aliphatic carbocycles. The van der Waals surface area contributed by atoms with E-state index in [2.05, 4.69) is 6.07 Å². The molecule has 3 heteroatoms. The molecule has 2 aromatic rings. The van der Waals surface area contributed by atoms with Crippen molar-refractivity contribution in [2.45, 2.75) is 12.8 Å². The summed E-state index contributed by atoms with van der Waals surface area (Å²) in [6.07, 6.45) is 2.17. The smallest absolute Gasteiger partial charge is 0.120 e. The predicted molar refractivity (Wildman–Crippen MR) is 77.4 cm³/mol. The maximum atomic E-state index is 10.2.